The summed E-state index contributed by atoms with van der Waals surface area (Å²) in [6.07, 6.45) is -9.70. The second kappa shape index (κ2) is 4.52. The Balaban J connectivity index is 2.62. The molecule has 8 heteroatoms. The first-order valence-electron chi connectivity index (χ1n) is 4.79. The molecule has 0 aliphatic carbocycles. The fourth-order valence-electron chi connectivity index (χ4n) is 1.42. The van der Waals surface area contributed by atoms with Gasteiger partial charge in [-0.2, -0.15) is 26.3 Å². The molecule has 0 spiro atoms. The monoisotopic (exact) mass is 296 g/mol. The lowest BCUT2D eigenvalue weighted by Gasteiger charge is -2.13. The Bertz CT molecular complexity index is 538. The van der Waals surface area contributed by atoms with Crippen LogP contribution >= 0.6 is 11.3 Å². The van der Waals surface area contributed by atoms with Crippen LogP contribution in [0.4, 0.5) is 26.3 Å². The van der Waals surface area contributed by atoms with E-state index < -0.39 is 23.5 Å². The van der Waals surface area contributed by atoms with Crippen LogP contribution in [0, 0.1) is 5.51 Å². The molecule has 0 N–H and O–H groups in total. The van der Waals surface area contributed by atoms with Gasteiger partial charge in [0, 0.05) is 10.9 Å². The van der Waals surface area contributed by atoms with E-state index in [1.807, 2.05) is 0 Å². The summed E-state index contributed by atoms with van der Waals surface area (Å²) in [6, 6.07) is 1.36. The van der Waals surface area contributed by atoms with E-state index in [-0.39, 0.29) is 17.3 Å². The summed E-state index contributed by atoms with van der Waals surface area (Å²) in [6.45, 7) is 0. The second-order valence-corrected chi connectivity index (χ2v) is 4.27. The molecule has 0 atom stereocenters. The highest BCUT2D eigenvalue weighted by molar-refractivity contribution is 7.07. The maximum absolute atomic E-state index is 12.6. The molecule has 1 nitrogen and oxygen atoms in total. The molecule has 0 fully saturated rings. The molecule has 0 bridgehead atoms. The molecule has 1 aromatic heterocycles. The molecule has 0 saturated heterocycles. The minimum atomic E-state index is -4.85. The number of hydrogen-bond acceptors (Lipinski definition) is 2. The predicted octanol–water partition coefficient (Wildman–Crippen LogP) is 4.65. The summed E-state index contributed by atoms with van der Waals surface area (Å²) in [7, 11) is 0. The summed E-state index contributed by atoms with van der Waals surface area (Å²) < 4.78 is 75.5. The number of nitrogens with zero attached hydrogens (tertiary/aromatic N) is 1. The number of hydrogen-bond donors (Lipinski definition) is 0. The van der Waals surface area contributed by atoms with Gasteiger partial charge in [0.05, 0.1) is 16.8 Å². The fraction of sp³-hybridized carbons (Fsp3) is 0.182. The van der Waals surface area contributed by atoms with Gasteiger partial charge in [0.1, 0.15) is 0 Å². The Morgan fingerprint density at radius 2 is 1.42 bits per heavy atom. The van der Waals surface area contributed by atoms with Crippen molar-refractivity contribution in [3.63, 3.8) is 0 Å². The number of rotatable bonds is 1. The fourth-order valence-corrected chi connectivity index (χ4v) is 1.92. The minimum absolute atomic E-state index is 0.0293. The number of aromatic nitrogens is 1. The van der Waals surface area contributed by atoms with Gasteiger partial charge in [-0.15, -0.1) is 11.3 Å². The van der Waals surface area contributed by atoms with E-state index in [1.54, 1.807) is 0 Å². The van der Waals surface area contributed by atoms with Gasteiger partial charge in [-0.1, -0.05) is 0 Å². The Labute approximate surface area is 107 Å². The van der Waals surface area contributed by atoms with Crippen molar-refractivity contribution in [1.82, 2.24) is 4.98 Å². The molecular weight excluding hydrogens is 292 g/mol. The Morgan fingerprint density at radius 1 is 0.895 bits per heavy atom. The summed E-state index contributed by atoms with van der Waals surface area (Å²) >= 11 is 0.963. The SMILES string of the molecule is FC(F)(F)c1cc(-c2cs[c]n2)cc(C(F)(F)F)c1. The second-order valence-electron chi connectivity index (χ2n) is 3.62. The van der Waals surface area contributed by atoms with Crippen LogP contribution < -0.4 is 0 Å². The highest BCUT2D eigenvalue weighted by Crippen LogP contribution is 2.38. The lowest BCUT2D eigenvalue weighted by molar-refractivity contribution is -0.143. The van der Waals surface area contributed by atoms with Gasteiger partial charge < -0.3 is 0 Å². The molecule has 0 unspecified atom stereocenters. The molecule has 101 valence electrons. The van der Waals surface area contributed by atoms with Crippen molar-refractivity contribution < 1.29 is 26.3 Å². The van der Waals surface area contributed by atoms with Gasteiger partial charge in [0.2, 0.25) is 0 Å². The molecule has 1 heterocycles. The summed E-state index contributed by atoms with van der Waals surface area (Å²) in [5.41, 5.74) is -0.546. The quantitative estimate of drug-likeness (QED) is 0.698. The van der Waals surface area contributed by atoms with Crippen molar-refractivity contribution >= 4 is 11.3 Å². The third-order valence-electron chi connectivity index (χ3n) is 2.27. The van der Waals surface area contributed by atoms with Gasteiger partial charge >= 0.3 is 12.4 Å². The molecule has 19 heavy (non-hydrogen) atoms. The zero-order valence-corrected chi connectivity index (χ0v) is 9.75. The van der Waals surface area contributed by atoms with E-state index >= 15 is 0 Å². The van der Waals surface area contributed by atoms with Gasteiger partial charge in [-0.3, -0.25) is 0 Å². The molecule has 1 aromatic carbocycles. The van der Waals surface area contributed by atoms with Crippen LogP contribution in [-0.2, 0) is 12.4 Å². The lowest BCUT2D eigenvalue weighted by atomic mass is 10.0. The highest BCUT2D eigenvalue weighted by atomic mass is 32.1. The van der Waals surface area contributed by atoms with E-state index in [9.17, 15) is 26.3 Å². The minimum Gasteiger partial charge on any atom is -0.233 e. The van der Waals surface area contributed by atoms with E-state index in [1.165, 1.54) is 5.38 Å². The number of benzene rings is 1. The van der Waals surface area contributed by atoms with Crippen LogP contribution in [0.15, 0.2) is 23.6 Å². The van der Waals surface area contributed by atoms with Crippen LogP contribution in [0.1, 0.15) is 11.1 Å². The maximum Gasteiger partial charge on any atom is 0.416 e. The zero-order chi connectivity index (χ0) is 14.3. The van der Waals surface area contributed by atoms with E-state index in [0.29, 0.717) is 12.1 Å². The molecule has 1 radical (unpaired) electrons. The van der Waals surface area contributed by atoms with Crippen molar-refractivity contribution in [2.45, 2.75) is 12.4 Å². The van der Waals surface area contributed by atoms with E-state index in [2.05, 4.69) is 10.5 Å². The first-order valence-corrected chi connectivity index (χ1v) is 5.67. The molecule has 0 aliphatic rings. The Kier molecular flexibility index (Phi) is 3.29. The summed E-state index contributed by atoms with van der Waals surface area (Å²) in [5, 5.41) is 1.33. The first kappa shape index (κ1) is 13.9. The van der Waals surface area contributed by atoms with Gasteiger partial charge in [0.25, 0.3) is 0 Å². The van der Waals surface area contributed by atoms with Crippen molar-refractivity contribution in [2.75, 3.05) is 0 Å². The van der Waals surface area contributed by atoms with E-state index in [4.69, 9.17) is 0 Å². The van der Waals surface area contributed by atoms with Crippen LogP contribution in [-0.4, -0.2) is 4.98 Å². The van der Waals surface area contributed by atoms with Gasteiger partial charge in [-0.05, 0) is 18.2 Å². The Hall–Kier alpha value is -1.57. The zero-order valence-electron chi connectivity index (χ0n) is 8.93. The molecular formula is C11H4F6NS. The summed E-state index contributed by atoms with van der Waals surface area (Å²) in [4.78, 5) is 3.59. The molecule has 0 amide bonds. The van der Waals surface area contributed by atoms with Crippen LogP contribution in [0.25, 0.3) is 11.3 Å². The van der Waals surface area contributed by atoms with Gasteiger partial charge in [0.15, 0.2) is 5.51 Å². The third-order valence-corrected chi connectivity index (χ3v) is 2.81. The first-order chi connectivity index (χ1) is 8.68. The van der Waals surface area contributed by atoms with Crippen molar-refractivity contribution in [2.24, 2.45) is 0 Å². The average molecular weight is 296 g/mol. The van der Waals surface area contributed by atoms with Crippen molar-refractivity contribution in [3.8, 4) is 11.3 Å². The van der Waals surface area contributed by atoms with E-state index in [0.717, 1.165) is 11.3 Å². The van der Waals surface area contributed by atoms with Crippen LogP contribution in [0.2, 0.25) is 0 Å². The number of alkyl halides is 6. The molecule has 2 aromatic rings. The Morgan fingerprint density at radius 3 is 1.79 bits per heavy atom. The number of halogens is 6. The summed E-state index contributed by atoms with van der Waals surface area (Å²) in [5.74, 6) is 0. The number of thiazole rings is 1. The third kappa shape index (κ3) is 3.06. The smallest absolute Gasteiger partial charge is 0.233 e. The largest absolute Gasteiger partial charge is 0.416 e. The predicted molar refractivity (Wildman–Crippen MR) is 56.4 cm³/mol. The van der Waals surface area contributed by atoms with Crippen molar-refractivity contribution in [1.29, 1.82) is 0 Å². The maximum atomic E-state index is 12.6. The highest BCUT2D eigenvalue weighted by Gasteiger charge is 2.37. The lowest BCUT2D eigenvalue weighted by Crippen LogP contribution is -2.11. The van der Waals surface area contributed by atoms with Crippen molar-refractivity contribution in [3.05, 3.63) is 40.2 Å². The topological polar surface area (TPSA) is 12.9 Å². The van der Waals surface area contributed by atoms with Crippen LogP contribution in [0.3, 0.4) is 0 Å². The standard InChI is InChI=1S/C11H4F6NS/c12-10(13,14)7-1-6(9-4-19-5-18-9)2-8(3-7)11(15,16)17/h1-4H. The average Bonchev–Trinajstić information content (AvgIpc) is 2.79. The molecule has 2 rings (SSSR count). The molecule has 0 aliphatic heterocycles. The van der Waals surface area contributed by atoms with Gasteiger partial charge in [-0.25, -0.2) is 4.98 Å². The normalized spacial score (nSPS) is 12.7. The van der Waals surface area contributed by atoms with Crippen LogP contribution in [0.5, 0.6) is 0 Å². The molecule has 0 saturated carbocycles.